The van der Waals surface area contributed by atoms with E-state index >= 15 is 0 Å². The Balaban J connectivity index is 1.66. The Morgan fingerprint density at radius 1 is 1.44 bits per heavy atom. The fourth-order valence-electron chi connectivity index (χ4n) is 2.67. The van der Waals surface area contributed by atoms with E-state index in [0.717, 1.165) is 32.3 Å². The fourth-order valence-corrected chi connectivity index (χ4v) is 2.67. The number of benzene rings is 1. The lowest BCUT2D eigenvalue weighted by Gasteiger charge is -2.13. The first-order chi connectivity index (χ1) is 8.74. The number of rotatable bonds is 6. The van der Waals surface area contributed by atoms with Crippen LogP contribution in [0.5, 0.6) is 0 Å². The molecule has 1 heterocycles. The number of aryl methyl sites for hydroxylation is 1. The van der Waals surface area contributed by atoms with Gasteiger partial charge in [-0.2, -0.15) is 0 Å². The van der Waals surface area contributed by atoms with Crippen molar-refractivity contribution in [2.45, 2.75) is 57.7 Å². The van der Waals surface area contributed by atoms with Crippen LogP contribution in [0, 0.1) is 6.92 Å². The molecular formula is C16H24O2. The van der Waals surface area contributed by atoms with E-state index in [9.17, 15) is 5.11 Å². The van der Waals surface area contributed by atoms with E-state index in [1.165, 1.54) is 24.0 Å². The molecule has 1 aliphatic rings. The van der Waals surface area contributed by atoms with Gasteiger partial charge in [-0.15, -0.1) is 0 Å². The van der Waals surface area contributed by atoms with E-state index in [-0.39, 0.29) is 6.10 Å². The summed E-state index contributed by atoms with van der Waals surface area (Å²) < 4.78 is 5.59. The van der Waals surface area contributed by atoms with Crippen molar-refractivity contribution in [3.63, 3.8) is 0 Å². The molecule has 1 fully saturated rings. The highest BCUT2D eigenvalue weighted by Gasteiger charge is 2.15. The normalized spacial score (nSPS) is 21.1. The molecule has 0 saturated carbocycles. The van der Waals surface area contributed by atoms with E-state index in [2.05, 4.69) is 31.2 Å². The topological polar surface area (TPSA) is 29.5 Å². The van der Waals surface area contributed by atoms with Gasteiger partial charge in [-0.3, -0.25) is 0 Å². The van der Waals surface area contributed by atoms with Gasteiger partial charge in [0.05, 0.1) is 12.2 Å². The van der Waals surface area contributed by atoms with Crippen molar-refractivity contribution >= 4 is 0 Å². The average molecular weight is 248 g/mol. The predicted molar refractivity (Wildman–Crippen MR) is 73.7 cm³/mol. The molecule has 2 rings (SSSR count). The quantitative estimate of drug-likeness (QED) is 0.837. The van der Waals surface area contributed by atoms with Crippen LogP contribution < -0.4 is 0 Å². The largest absolute Gasteiger partial charge is 0.393 e. The van der Waals surface area contributed by atoms with Gasteiger partial charge in [0, 0.05) is 6.61 Å². The van der Waals surface area contributed by atoms with Crippen molar-refractivity contribution in [1.29, 1.82) is 0 Å². The fraction of sp³-hybridized carbons (Fsp3) is 0.625. The third-order valence-corrected chi connectivity index (χ3v) is 3.64. The van der Waals surface area contributed by atoms with Crippen LogP contribution in [-0.2, 0) is 11.2 Å². The molecule has 1 saturated heterocycles. The molecule has 1 aromatic carbocycles. The minimum absolute atomic E-state index is 0.215. The van der Waals surface area contributed by atoms with Gasteiger partial charge < -0.3 is 9.84 Å². The maximum absolute atomic E-state index is 10.0. The molecule has 1 aliphatic heterocycles. The van der Waals surface area contributed by atoms with Gasteiger partial charge in [-0.05, 0) is 51.0 Å². The number of aliphatic hydroxyl groups excluding tert-OH is 1. The third kappa shape index (κ3) is 4.43. The summed E-state index contributed by atoms with van der Waals surface area (Å²) in [7, 11) is 0. The van der Waals surface area contributed by atoms with Crippen LogP contribution in [0.4, 0.5) is 0 Å². The minimum Gasteiger partial charge on any atom is -0.393 e. The van der Waals surface area contributed by atoms with Gasteiger partial charge in [0.15, 0.2) is 0 Å². The van der Waals surface area contributed by atoms with Crippen molar-refractivity contribution in [3.8, 4) is 0 Å². The molecule has 2 nitrogen and oxygen atoms in total. The van der Waals surface area contributed by atoms with Crippen molar-refractivity contribution in [2.75, 3.05) is 6.61 Å². The van der Waals surface area contributed by atoms with E-state index in [1.54, 1.807) is 0 Å². The summed E-state index contributed by atoms with van der Waals surface area (Å²) >= 11 is 0. The third-order valence-electron chi connectivity index (χ3n) is 3.64. The van der Waals surface area contributed by atoms with Crippen LogP contribution in [-0.4, -0.2) is 23.9 Å². The number of ether oxygens (including phenoxy) is 1. The number of aliphatic hydroxyl groups is 1. The van der Waals surface area contributed by atoms with Crippen LogP contribution in [0.3, 0.4) is 0 Å². The van der Waals surface area contributed by atoms with Crippen LogP contribution in [0.2, 0.25) is 0 Å². The smallest absolute Gasteiger partial charge is 0.0580 e. The first-order valence-electron chi connectivity index (χ1n) is 7.09. The van der Waals surface area contributed by atoms with Crippen molar-refractivity contribution < 1.29 is 9.84 Å². The second-order valence-electron chi connectivity index (χ2n) is 5.41. The summed E-state index contributed by atoms with van der Waals surface area (Å²) in [5.74, 6) is 0. The molecule has 18 heavy (non-hydrogen) atoms. The Bertz CT molecular complexity index is 356. The van der Waals surface area contributed by atoms with Crippen LogP contribution in [0.25, 0.3) is 0 Å². The molecule has 0 bridgehead atoms. The lowest BCUT2D eigenvalue weighted by Crippen LogP contribution is -2.12. The Kier molecular flexibility index (Phi) is 5.21. The van der Waals surface area contributed by atoms with E-state index in [1.807, 2.05) is 0 Å². The maximum atomic E-state index is 10.0. The highest BCUT2D eigenvalue weighted by atomic mass is 16.5. The highest BCUT2D eigenvalue weighted by Crippen LogP contribution is 2.19. The molecule has 2 unspecified atom stereocenters. The minimum atomic E-state index is -0.215. The second-order valence-corrected chi connectivity index (χ2v) is 5.41. The molecule has 0 aromatic heterocycles. The summed E-state index contributed by atoms with van der Waals surface area (Å²) in [5.41, 5.74) is 2.50. The summed E-state index contributed by atoms with van der Waals surface area (Å²) in [6, 6.07) is 8.40. The van der Waals surface area contributed by atoms with Crippen molar-refractivity contribution in [3.05, 3.63) is 35.4 Å². The summed E-state index contributed by atoms with van der Waals surface area (Å²) in [5, 5.41) is 10.0. The van der Waals surface area contributed by atoms with E-state index in [0.29, 0.717) is 6.10 Å². The van der Waals surface area contributed by atoms with Gasteiger partial charge in [0.1, 0.15) is 0 Å². The van der Waals surface area contributed by atoms with E-state index in [4.69, 9.17) is 4.74 Å². The lowest BCUT2D eigenvalue weighted by molar-refractivity contribution is 0.0945. The van der Waals surface area contributed by atoms with Gasteiger partial charge in [0.2, 0.25) is 0 Å². The van der Waals surface area contributed by atoms with Gasteiger partial charge in [-0.1, -0.05) is 29.8 Å². The summed E-state index contributed by atoms with van der Waals surface area (Å²) in [4.78, 5) is 0. The zero-order chi connectivity index (χ0) is 12.8. The van der Waals surface area contributed by atoms with Crippen LogP contribution in [0.15, 0.2) is 24.3 Å². The second kappa shape index (κ2) is 6.91. The Labute approximate surface area is 110 Å². The zero-order valence-electron chi connectivity index (χ0n) is 11.3. The first kappa shape index (κ1) is 13.6. The Morgan fingerprint density at radius 2 is 2.33 bits per heavy atom. The summed E-state index contributed by atoms with van der Waals surface area (Å²) in [6.07, 6.45) is 6.47. The Morgan fingerprint density at radius 3 is 3.06 bits per heavy atom. The molecule has 1 aromatic rings. The van der Waals surface area contributed by atoms with E-state index < -0.39 is 0 Å². The molecular weight excluding hydrogens is 224 g/mol. The highest BCUT2D eigenvalue weighted by molar-refractivity contribution is 5.22. The zero-order valence-corrected chi connectivity index (χ0v) is 11.3. The molecule has 0 aliphatic carbocycles. The first-order valence-corrected chi connectivity index (χ1v) is 7.09. The predicted octanol–water partition coefficient (Wildman–Crippen LogP) is 3.25. The van der Waals surface area contributed by atoms with Crippen LogP contribution >= 0.6 is 0 Å². The van der Waals surface area contributed by atoms with Gasteiger partial charge in [-0.25, -0.2) is 0 Å². The molecule has 2 heteroatoms. The van der Waals surface area contributed by atoms with Gasteiger partial charge in [0.25, 0.3) is 0 Å². The standard InChI is InChI=1S/C16H24O2/c1-13-5-2-6-14(11-13)12-15(17)7-3-8-16-9-4-10-18-16/h2,5-6,11,15-17H,3-4,7-10,12H2,1H3. The monoisotopic (exact) mass is 248 g/mol. The van der Waals surface area contributed by atoms with Gasteiger partial charge >= 0.3 is 0 Å². The number of hydrogen-bond acceptors (Lipinski definition) is 2. The number of hydrogen-bond donors (Lipinski definition) is 1. The maximum Gasteiger partial charge on any atom is 0.0580 e. The van der Waals surface area contributed by atoms with Crippen molar-refractivity contribution in [1.82, 2.24) is 0 Å². The lowest BCUT2D eigenvalue weighted by atomic mass is 10.0. The molecule has 1 N–H and O–H groups in total. The SMILES string of the molecule is Cc1cccc(CC(O)CCCC2CCCO2)c1. The molecule has 0 radical (unpaired) electrons. The molecule has 0 spiro atoms. The molecule has 2 atom stereocenters. The van der Waals surface area contributed by atoms with Crippen molar-refractivity contribution in [2.24, 2.45) is 0 Å². The molecule has 0 amide bonds. The summed E-state index contributed by atoms with van der Waals surface area (Å²) in [6.45, 7) is 3.02. The molecule has 100 valence electrons. The average Bonchev–Trinajstić information content (AvgIpc) is 2.82. The van der Waals surface area contributed by atoms with Crippen LogP contribution in [0.1, 0.15) is 43.2 Å². The Hall–Kier alpha value is -0.860.